The van der Waals surface area contributed by atoms with Crippen molar-refractivity contribution in [1.29, 1.82) is 0 Å². The standard InChI is InChI=1S/C23H15F4NO3/c24-18-16-17(19(25)21(27)20(18)26)23(30)28(22(16)29)15(14-9-5-2-6-10-14)12-31-11-13-7-3-1-4-8-13/h1-10,15H,11-12H2/t15-/m1/s1. The van der Waals surface area contributed by atoms with E-state index < -0.39 is 52.3 Å². The Hall–Kier alpha value is -3.52. The van der Waals surface area contributed by atoms with Gasteiger partial charge < -0.3 is 4.74 Å². The van der Waals surface area contributed by atoms with E-state index in [2.05, 4.69) is 0 Å². The number of fused-ring (bicyclic) bond motifs is 1. The molecule has 0 radical (unpaired) electrons. The summed E-state index contributed by atoms with van der Waals surface area (Å²) in [5.74, 6) is -10.6. The molecular weight excluding hydrogens is 414 g/mol. The number of hydrogen-bond acceptors (Lipinski definition) is 3. The first-order valence-electron chi connectivity index (χ1n) is 9.32. The Morgan fingerprint density at radius 3 is 1.71 bits per heavy atom. The van der Waals surface area contributed by atoms with Gasteiger partial charge in [-0.3, -0.25) is 14.5 Å². The van der Waals surface area contributed by atoms with E-state index in [-0.39, 0.29) is 13.2 Å². The third kappa shape index (κ3) is 3.59. The Morgan fingerprint density at radius 1 is 0.710 bits per heavy atom. The Balaban J connectivity index is 1.70. The van der Waals surface area contributed by atoms with Gasteiger partial charge in [0, 0.05) is 0 Å². The first-order chi connectivity index (χ1) is 14.9. The van der Waals surface area contributed by atoms with Crippen molar-refractivity contribution in [2.24, 2.45) is 0 Å². The lowest BCUT2D eigenvalue weighted by Crippen LogP contribution is -2.36. The second-order valence-electron chi connectivity index (χ2n) is 6.91. The zero-order chi connectivity index (χ0) is 22.1. The van der Waals surface area contributed by atoms with E-state index >= 15 is 0 Å². The SMILES string of the molecule is O=C1c2c(F)c(F)c(F)c(F)c2C(=O)N1[C@H](COCc1ccccc1)c1ccccc1. The number of nitrogens with zero attached hydrogens (tertiary/aromatic N) is 1. The summed E-state index contributed by atoms with van der Waals surface area (Å²) in [4.78, 5) is 26.3. The molecule has 0 unspecified atom stereocenters. The third-order valence-electron chi connectivity index (χ3n) is 5.02. The summed E-state index contributed by atoms with van der Waals surface area (Å²) in [6, 6.07) is 16.2. The first kappa shape index (κ1) is 20.7. The predicted molar refractivity (Wildman–Crippen MR) is 102 cm³/mol. The van der Waals surface area contributed by atoms with Crippen LogP contribution in [0.25, 0.3) is 0 Å². The fourth-order valence-corrected chi connectivity index (χ4v) is 3.51. The number of carbonyl (C=O) groups excluding carboxylic acids is 2. The van der Waals surface area contributed by atoms with E-state index in [1.807, 2.05) is 30.3 Å². The average molecular weight is 429 g/mol. The number of halogens is 4. The molecule has 1 aliphatic heterocycles. The Morgan fingerprint density at radius 2 is 1.19 bits per heavy atom. The second kappa shape index (κ2) is 8.31. The van der Waals surface area contributed by atoms with E-state index in [1.165, 1.54) is 0 Å². The van der Waals surface area contributed by atoms with Gasteiger partial charge in [0.05, 0.1) is 30.4 Å². The van der Waals surface area contributed by atoms with Crippen LogP contribution in [0.3, 0.4) is 0 Å². The van der Waals surface area contributed by atoms with Gasteiger partial charge in [0.2, 0.25) is 0 Å². The normalized spacial score (nSPS) is 14.1. The lowest BCUT2D eigenvalue weighted by molar-refractivity contribution is 0.0357. The highest BCUT2D eigenvalue weighted by Gasteiger charge is 2.47. The molecule has 1 atom stereocenters. The molecule has 8 heteroatoms. The van der Waals surface area contributed by atoms with Gasteiger partial charge in [0.25, 0.3) is 11.8 Å². The van der Waals surface area contributed by atoms with Crippen molar-refractivity contribution in [2.75, 3.05) is 6.61 Å². The minimum absolute atomic E-state index is 0.152. The maximum atomic E-state index is 14.3. The molecule has 0 saturated carbocycles. The van der Waals surface area contributed by atoms with Crippen LogP contribution in [0.1, 0.15) is 37.9 Å². The first-order valence-corrected chi connectivity index (χ1v) is 9.32. The van der Waals surface area contributed by atoms with Gasteiger partial charge in [0.15, 0.2) is 23.3 Å². The minimum atomic E-state index is -2.14. The maximum Gasteiger partial charge on any atom is 0.265 e. The molecule has 1 heterocycles. The zero-order valence-electron chi connectivity index (χ0n) is 15.9. The summed E-state index contributed by atoms with van der Waals surface area (Å²) in [7, 11) is 0. The topological polar surface area (TPSA) is 46.6 Å². The number of imide groups is 1. The van der Waals surface area contributed by atoms with Gasteiger partial charge in [0.1, 0.15) is 0 Å². The highest BCUT2D eigenvalue weighted by Crippen LogP contribution is 2.36. The number of hydrogen-bond donors (Lipinski definition) is 0. The van der Waals surface area contributed by atoms with Crippen LogP contribution in [-0.2, 0) is 11.3 Å². The quantitative estimate of drug-likeness (QED) is 0.245. The molecule has 2 amide bonds. The van der Waals surface area contributed by atoms with Crippen molar-refractivity contribution in [3.05, 3.63) is 106 Å². The van der Waals surface area contributed by atoms with E-state index in [0.717, 1.165) is 5.56 Å². The van der Waals surface area contributed by atoms with Crippen LogP contribution in [0, 0.1) is 23.3 Å². The Labute approximate surface area is 174 Å². The molecule has 31 heavy (non-hydrogen) atoms. The maximum absolute atomic E-state index is 14.3. The molecule has 0 aromatic heterocycles. The van der Waals surface area contributed by atoms with Crippen LogP contribution in [0.15, 0.2) is 60.7 Å². The monoisotopic (exact) mass is 429 g/mol. The summed E-state index contributed by atoms with van der Waals surface area (Å²) in [6.07, 6.45) is 0. The molecule has 0 bridgehead atoms. The summed E-state index contributed by atoms with van der Waals surface area (Å²) in [5.41, 5.74) is -0.958. The van der Waals surface area contributed by atoms with E-state index in [1.54, 1.807) is 30.3 Å². The largest absolute Gasteiger partial charge is 0.374 e. The number of benzene rings is 3. The fourth-order valence-electron chi connectivity index (χ4n) is 3.51. The molecule has 158 valence electrons. The molecule has 1 aliphatic rings. The van der Waals surface area contributed by atoms with Gasteiger partial charge in [-0.05, 0) is 11.1 Å². The summed E-state index contributed by atoms with van der Waals surface area (Å²) in [6.45, 7) is -0.0437. The average Bonchev–Trinajstić information content (AvgIpc) is 3.05. The molecule has 0 aliphatic carbocycles. The van der Waals surface area contributed by atoms with E-state index in [0.29, 0.717) is 10.5 Å². The molecule has 3 aromatic rings. The molecule has 0 saturated heterocycles. The molecule has 0 spiro atoms. The Bertz CT molecular complexity index is 1110. The minimum Gasteiger partial charge on any atom is -0.374 e. The van der Waals surface area contributed by atoms with Crippen LogP contribution in [-0.4, -0.2) is 23.3 Å². The lowest BCUT2D eigenvalue weighted by Gasteiger charge is -2.26. The van der Waals surface area contributed by atoms with Crippen molar-refractivity contribution in [2.45, 2.75) is 12.6 Å². The molecule has 3 aromatic carbocycles. The van der Waals surface area contributed by atoms with Crippen molar-refractivity contribution < 1.29 is 31.9 Å². The van der Waals surface area contributed by atoms with Crippen molar-refractivity contribution in [3.63, 3.8) is 0 Å². The Kier molecular flexibility index (Phi) is 5.56. The predicted octanol–water partition coefficient (Wildman–Crippen LogP) is 4.80. The lowest BCUT2D eigenvalue weighted by atomic mass is 10.1. The summed E-state index contributed by atoms with van der Waals surface area (Å²) in [5, 5.41) is 0. The van der Waals surface area contributed by atoms with Gasteiger partial charge >= 0.3 is 0 Å². The van der Waals surface area contributed by atoms with Crippen LogP contribution in [0.5, 0.6) is 0 Å². The van der Waals surface area contributed by atoms with E-state index in [4.69, 9.17) is 4.74 Å². The fraction of sp³-hybridized carbons (Fsp3) is 0.130. The summed E-state index contributed by atoms with van der Waals surface area (Å²) < 4.78 is 61.6. The number of amides is 2. The van der Waals surface area contributed by atoms with Gasteiger partial charge in [-0.15, -0.1) is 0 Å². The zero-order valence-corrected chi connectivity index (χ0v) is 15.9. The molecular formula is C23H15F4NO3. The van der Waals surface area contributed by atoms with Crippen molar-refractivity contribution in [3.8, 4) is 0 Å². The van der Waals surface area contributed by atoms with E-state index in [9.17, 15) is 27.2 Å². The highest BCUT2D eigenvalue weighted by atomic mass is 19.2. The van der Waals surface area contributed by atoms with Gasteiger partial charge in [-0.1, -0.05) is 60.7 Å². The third-order valence-corrected chi connectivity index (χ3v) is 5.02. The summed E-state index contributed by atoms with van der Waals surface area (Å²) >= 11 is 0. The number of ether oxygens (including phenoxy) is 1. The molecule has 0 fully saturated rings. The molecule has 4 nitrogen and oxygen atoms in total. The smallest absolute Gasteiger partial charge is 0.265 e. The van der Waals surface area contributed by atoms with Gasteiger partial charge in [-0.25, -0.2) is 17.6 Å². The van der Waals surface area contributed by atoms with Crippen molar-refractivity contribution >= 4 is 11.8 Å². The number of rotatable bonds is 6. The van der Waals surface area contributed by atoms with Crippen molar-refractivity contribution in [1.82, 2.24) is 4.90 Å². The second-order valence-corrected chi connectivity index (χ2v) is 6.91. The van der Waals surface area contributed by atoms with Gasteiger partial charge in [-0.2, -0.15) is 0 Å². The molecule has 0 N–H and O–H groups in total. The van der Waals surface area contributed by atoms with Crippen LogP contribution < -0.4 is 0 Å². The van der Waals surface area contributed by atoms with Crippen LogP contribution in [0.4, 0.5) is 17.6 Å². The highest BCUT2D eigenvalue weighted by molar-refractivity contribution is 6.21. The number of carbonyl (C=O) groups is 2. The van der Waals surface area contributed by atoms with Crippen LogP contribution >= 0.6 is 0 Å². The molecule has 4 rings (SSSR count). The van der Waals surface area contributed by atoms with Crippen LogP contribution in [0.2, 0.25) is 0 Å².